The summed E-state index contributed by atoms with van der Waals surface area (Å²) in [7, 11) is 0. The van der Waals surface area contributed by atoms with E-state index in [1.807, 2.05) is 69.5 Å². The lowest BCUT2D eigenvalue weighted by Crippen LogP contribution is -2.44. The molecule has 6 heteroatoms. The smallest absolute Gasteiger partial charge is 0.164 e. The second kappa shape index (κ2) is 7.39. The fraction of sp³-hybridized carbons (Fsp3) is 0.579. The van der Waals surface area contributed by atoms with Crippen molar-refractivity contribution in [3.8, 4) is 0 Å². The summed E-state index contributed by atoms with van der Waals surface area (Å²) in [6, 6.07) is 10.1. The zero-order valence-electron chi connectivity index (χ0n) is 15.0. The molecule has 2 saturated heterocycles. The minimum atomic E-state index is -0.833. The summed E-state index contributed by atoms with van der Waals surface area (Å²) in [6.45, 7) is 7.71. The predicted octanol–water partition coefficient (Wildman–Crippen LogP) is 3.32. The van der Waals surface area contributed by atoms with E-state index in [2.05, 4.69) is 0 Å². The average Bonchev–Trinajstić information content (AvgIpc) is 3.06. The average molecular weight is 366 g/mol. The van der Waals surface area contributed by atoms with Gasteiger partial charge in [-0.25, -0.2) is 0 Å². The molecule has 0 spiro atoms. The van der Waals surface area contributed by atoms with Gasteiger partial charge >= 0.3 is 0 Å². The molecule has 4 atom stereocenters. The van der Waals surface area contributed by atoms with Crippen LogP contribution >= 0.6 is 11.8 Å². The maximum absolute atomic E-state index is 10.7. The highest BCUT2D eigenvalue weighted by Gasteiger charge is 2.48. The minimum absolute atomic E-state index is 0.337. The predicted molar refractivity (Wildman–Crippen MR) is 96.2 cm³/mol. The van der Waals surface area contributed by atoms with E-state index in [1.54, 1.807) is 11.8 Å². The molecule has 5 nitrogen and oxygen atoms in total. The normalized spacial score (nSPS) is 32.3. The summed E-state index contributed by atoms with van der Waals surface area (Å²) in [5.74, 6) is -1.44. The van der Waals surface area contributed by atoms with Crippen LogP contribution in [0.1, 0.15) is 27.7 Å². The number of benzene rings is 1. The fourth-order valence-electron chi connectivity index (χ4n) is 3.02. The van der Waals surface area contributed by atoms with E-state index in [9.17, 15) is 5.11 Å². The Morgan fingerprint density at radius 3 is 2.44 bits per heavy atom. The van der Waals surface area contributed by atoms with Gasteiger partial charge in [0.2, 0.25) is 0 Å². The maximum atomic E-state index is 10.7. The Balaban J connectivity index is 1.66. The second-order valence-electron chi connectivity index (χ2n) is 7.18. The highest BCUT2D eigenvalue weighted by molar-refractivity contribution is 8.02. The third kappa shape index (κ3) is 4.84. The number of hydrogen-bond donors (Lipinski definition) is 1. The highest BCUT2D eigenvalue weighted by atomic mass is 32.2. The van der Waals surface area contributed by atoms with Gasteiger partial charge in [-0.15, -0.1) is 0 Å². The van der Waals surface area contributed by atoms with Crippen molar-refractivity contribution >= 4 is 11.8 Å². The van der Waals surface area contributed by atoms with E-state index in [0.29, 0.717) is 6.61 Å². The SMILES string of the molecule is CC1(C)O[C@@H]([C@H](O)[C@H]2COC(C)(C)O2)[C@@H](/C=C\Sc2ccccc2)O1. The number of thioether (sulfide) groups is 1. The van der Waals surface area contributed by atoms with Crippen molar-refractivity contribution in [3.05, 3.63) is 41.8 Å². The first-order chi connectivity index (χ1) is 11.8. The lowest BCUT2D eigenvalue weighted by molar-refractivity contribution is -0.178. The molecule has 0 unspecified atom stereocenters. The number of aliphatic hydroxyl groups is 1. The molecule has 0 bridgehead atoms. The van der Waals surface area contributed by atoms with Crippen LogP contribution in [0.4, 0.5) is 0 Å². The Morgan fingerprint density at radius 1 is 1.08 bits per heavy atom. The van der Waals surface area contributed by atoms with Gasteiger partial charge in [0, 0.05) is 4.90 Å². The van der Waals surface area contributed by atoms with Crippen LogP contribution in [0.5, 0.6) is 0 Å². The van der Waals surface area contributed by atoms with E-state index in [4.69, 9.17) is 18.9 Å². The van der Waals surface area contributed by atoms with Crippen LogP contribution in [0.2, 0.25) is 0 Å². The molecular formula is C19H26O5S. The molecule has 2 heterocycles. The monoisotopic (exact) mass is 366 g/mol. The molecule has 2 aliphatic heterocycles. The summed E-state index contributed by atoms with van der Waals surface area (Å²) in [5, 5.41) is 12.7. The van der Waals surface area contributed by atoms with Gasteiger partial charge in [-0.05, 0) is 51.3 Å². The summed E-state index contributed by atoms with van der Waals surface area (Å²) >= 11 is 1.60. The van der Waals surface area contributed by atoms with E-state index < -0.39 is 29.9 Å². The summed E-state index contributed by atoms with van der Waals surface area (Å²) in [5.41, 5.74) is 0. The molecule has 1 aromatic rings. The van der Waals surface area contributed by atoms with Gasteiger partial charge < -0.3 is 24.1 Å². The quantitative estimate of drug-likeness (QED) is 0.807. The van der Waals surface area contributed by atoms with Crippen LogP contribution in [-0.4, -0.2) is 47.7 Å². The summed E-state index contributed by atoms with van der Waals surface area (Å²) < 4.78 is 23.2. The first-order valence-electron chi connectivity index (χ1n) is 8.50. The molecule has 0 aromatic heterocycles. The molecule has 0 amide bonds. The highest BCUT2D eigenvalue weighted by Crippen LogP contribution is 2.35. The minimum Gasteiger partial charge on any atom is -0.387 e. The topological polar surface area (TPSA) is 57.2 Å². The van der Waals surface area contributed by atoms with Gasteiger partial charge in [-0.2, -0.15) is 0 Å². The van der Waals surface area contributed by atoms with Crippen LogP contribution in [0.15, 0.2) is 46.7 Å². The molecule has 0 radical (unpaired) electrons. The number of hydrogen-bond acceptors (Lipinski definition) is 6. The van der Waals surface area contributed by atoms with E-state index in [0.717, 1.165) is 4.90 Å². The summed E-state index contributed by atoms with van der Waals surface area (Å²) in [6.07, 6.45) is -0.199. The Kier molecular flexibility index (Phi) is 5.58. The molecule has 0 saturated carbocycles. The Morgan fingerprint density at radius 2 is 1.80 bits per heavy atom. The van der Waals surface area contributed by atoms with Crippen molar-refractivity contribution in [2.24, 2.45) is 0 Å². The zero-order valence-corrected chi connectivity index (χ0v) is 15.9. The maximum Gasteiger partial charge on any atom is 0.164 e. The van der Waals surface area contributed by atoms with Crippen LogP contribution in [0.3, 0.4) is 0 Å². The van der Waals surface area contributed by atoms with Crippen molar-refractivity contribution in [3.63, 3.8) is 0 Å². The van der Waals surface area contributed by atoms with Crippen molar-refractivity contribution in [1.82, 2.24) is 0 Å². The summed E-state index contributed by atoms with van der Waals surface area (Å²) in [4.78, 5) is 1.14. The first kappa shape index (κ1) is 18.9. The largest absolute Gasteiger partial charge is 0.387 e. The first-order valence-corrected chi connectivity index (χ1v) is 9.38. The molecule has 1 N–H and O–H groups in total. The lowest BCUT2D eigenvalue weighted by Gasteiger charge is -2.26. The number of rotatable bonds is 5. The van der Waals surface area contributed by atoms with Gasteiger partial charge in [-0.1, -0.05) is 30.0 Å². The van der Waals surface area contributed by atoms with Crippen LogP contribution < -0.4 is 0 Å². The van der Waals surface area contributed by atoms with Gasteiger partial charge in [0.25, 0.3) is 0 Å². The standard InChI is InChI=1S/C19H26O5S/c1-18(2)21-12-15(23-18)16(20)17-14(22-19(3,4)24-17)10-11-25-13-8-6-5-7-9-13/h5-11,14-17,20H,12H2,1-4H3/b11-10-/t14-,15-,16-,17-/m1/s1. The van der Waals surface area contributed by atoms with Gasteiger partial charge in [0.1, 0.15) is 24.4 Å². The van der Waals surface area contributed by atoms with E-state index in [1.165, 1.54) is 0 Å². The van der Waals surface area contributed by atoms with Gasteiger partial charge in [0.15, 0.2) is 11.6 Å². The number of ether oxygens (including phenoxy) is 4. The van der Waals surface area contributed by atoms with Crippen LogP contribution in [-0.2, 0) is 18.9 Å². The Hall–Kier alpha value is -0.890. The van der Waals surface area contributed by atoms with E-state index >= 15 is 0 Å². The Bertz CT molecular complexity index is 601. The molecular weight excluding hydrogens is 340 g/mol. The van der Waals surface area contributed by atoms with E-state index in [-0.39, 0.29) is 6.10 Å². The van der Waals surface area contributed by atoms with Crippen molar-refractivity contribution in [2.75, 3.05) is 6.61 Å². The van der Waals surface area contributed by atoms with Crippen LogP contribution in [0.25, 0.3) is 0 Å². The molecule has 1 aromatic carbocycles. The van der Waals surface area contributed by atoms with Crippen molar-refractivity contribution in [1.29, 1.82) is 0 Å². The van der Waals surface area contributed by atoms with Gasteiger partial charge in [-0.3, -0.25) is 0 Å². The van der Waals surface area contributed by atoms with Crippen molar-refractivity contribution in [2.45, 2.75) is 68.6 Å². The Labute approximate surface area is 153 Å². The second-order valence-corrected chi connectivity index (χ2v) is 8.16. The van der Waals surface area contributed by atoms with Crippen molar-refractivity contribution < 1.29 is 24.1 Å². The fourth-order valence-corrected chi connectivity index (χ4v) is 3.72. The van der Waals surface area contributed by atoms with Crippen LogP contribution in [0, 0.1) is 0 Å². The molecule has 138 valence electrons. The number of aliphatic hydroxyl groups excluding tert-OH is 1. The third-order valence-electron chi connectivity index (χ3n) is 4.13. The molecule has 25 heavy (non-hydrogen) atoms. The molecule has 0 aliphatic carbocycles. The third-order valence-corrected chi connectivity index (χ3v) is 4.96. The molecule has 2 fully saturated rings. The zero-order chi connectivity index (χ0) is 18.1. The molecule has 2 aliphatic rings. The molecule has 3 rings (SSSR count). The van der Waals surface area contributed by atoms with Gasteiger partial charge in [0.05, 0.1) is 6.61 Å². The lowest BCUT2D eigenvalue weighted by atomic mass is 10.0.